The lowest BCUT2D eigenvalue weighted by Crippen LogP contribution is -2.36. The van der Waals surface area contributed by atoms with Crippen molar-refractivity contribution in [2.45, 2.75) is 57.5 Å². The molecule has 3 aliphatic carbocycles. The van der Waals surface area contributed by atoms with Gasteiger partial charge in [-0.15, -0.1) is 0 Å². The van der Waals surface area contributed by atoms with Gasteiger partial charge in [-0.3, -0.25) is 4.79 Å². The Morgan fingerprint density at radius 2 is 2.00 bits per heavy atom. The summed E-state index contributed by atoms with van der Waals surface area (Å²) in [5, 5.41) is 9.37. The van der Waals surface area contributed by atoms with Crippen LogP contribution < -0.4 is 0 Å². The van der Waals surface area contributed by atoms with Gasteiger partial charge in [-0.05, 0) is 69.6 Å². The predicted molar refractivity (Wildman–Crippen MR) is 67.9 cm³/mol. The van der Waals surface area contributed by atoms with Gasteiger partial charge in [0.1, 0.15) is 5.60 Å². The van der Waals surface area contributed by atoms with Crippen molar-refractivity contribution in [1.29, 1.82) is 0 Å². The van der Waals surface area contributed by atoms with Gasteiger partial charge >= 0.3 is 5.97 Å². The molecule has 0 aromatic carbocycles. The van der Waals surface area contributed by atoms with Crippen LogP contribution in [0.15, 0.2) is 0 Å². The lowest BCUT2D eigenvalue weighted by atomic mass is 9.81. The van der Waals surface area contributed by atoms with Crippen molar-refractivity contribution in [1.82, 2.24) is 0 Å². The topological polar surface area (TPSA) is 46.5 Å². The first kappa shape index (κ1) is 12.5. The first-order valence-corrected chi connectivity index (χ1v) is 7.45. The molecule has 0 aromatic heterocycles. The molecule has 4 atom stereocenters. The molecule has 3 rings (SSSR count). The molecule has 3 saturated carbocycles. The number of esters is 1. The fraction of sp³-hybridized carbons (Fsp3) is 0.933. The summed E-state index contributed by atoms with van der Waals surface area (Å²) in [6, 6.07) is 0. The molecule has 3 aliphatic rings. The van der Waals surface area contributed by atoms with Crippen LogP contribution in [0.4, 0.5) is 0 Å². The third-order valence-electron chi connectivity index (χ3n) is 5.50. The van der Waals surface area contributed by atoms with E-state index < -0.39 is 0 Å². The van der Waals surface area contributed by atoms with E-state index in [1.165, 1.54) is 12.8 Å². The molecule has 0 amide bonds. The highest BCUT2D eigenvalue weighted by molar-refractivity contribution is 5.74. The molecule has 3 fully saturated rings. The Labute approximate surface area is 109 Å². The number of hydrogen-bond donors (Lipinski definition) is 1. The second-order valence-corrected chi connectivity index (χ2v) is 6.86. The van der Waals surface area contributed by atoms with Gasteiger partial charge in [0.25, 0.3) is 0 Å². The summed E-state index contributed by atoms with van der Waals surface area (Å²) in [5.41, 5.74) is -0.201. The van der Waals surface area contributed by atoms with E-state index in [-0.39, 0.29) is 24.1 Å². The van der Waals surface area contributed by atoms with Crippen LogP contribution in [0.3, 0.4) is 0 Å². The molecule has 0 aromatic rings. The zero-order chi connectivity index (χ0) is 12.8. The van der Waals surface area contributed by atoms with Crippen LogP contribution in [0.2, 0.25) is 0 Å². The number of hydrogen-bond acceptors (Lipinski definition) is 3. The number of ether oxygens (including phenoxy) is 1. The minimum Gasteiger partial charge on any atom is -0.459 e. The molecule has 2 bridgehead atoms. The zero-order valence-corrected chi connectivity index (χ0v) is 11.2. The van der Waals surface area contributed by atoms with Gasteiger partial charge in [0.15, 0.2) is 0 Å². The van der Waals surface area contributed by atoms with Crippen LogP contribution in [0, 0.1) is 23.7 Å². The van der Waals surface area contributed by atoms with Gasteiger partial charge in [-0.25, -0.2) is 0 Å². The van der Waals surface area contributed by atoms with Crippen molar-refractivity contribution >= 4 is 5.97 Å². The fourth-order valence-electron chi connectivity index (χ4n) is 4.52. The summed E-state index contributed by atoms with van der Waals surface area (Å²) in [6.45, 7) is 2.32. The standard InChI is InChI=1S/C15H24O3/c1-15(4-2-3-5-15)18-14(17)13-8-10-6-11(9-16)12(13)7-10/h10-13,16H,2-9H2,1H3. The van der Waals surface area contributed by atoms with Gasteiger partial charge in [0.2, 0.25) is 0 Å². The quantitative estimate of drug-likeness (QED) is 0.785. The number of aliphatic hydroxyl groups is 1. The molecular formula is C15H24O3. The van der Waals surface area contributed by atoms with Crippen LogP contribution >= 0.6 is 0 Å². The van der Waals surface area contributed by atoms with E-state index >= 15 is 0 Å². The van der Waals surface area contributed by atoms with Crippen LogP contribution in [-0.2, 0) is 9.53 Å². The van der Waals surface area contributed by atoms with Gasteiger partial charge in [0.05, 0.1) is 5.92 Å². The molecule has 1 N–H and O–H groups in total. The molecule has 0 radical (unpaired) electrons. The fourth-order valence-corrected chi connectivity index (χ4v) is 4.52. The van der Waals surface area contributed by atoms with E-state index in [0.717, 1.165) is 32.1 Å². The van der Waals surface area contributed by atoms with Gasteiger partial charge in [-0.1, -0.05) is 0 Å². The maximum absolute atomic E-state index is 12.4. The molecule has 0 spiro atoms. The highest BCUT2D eigenvalue weighted by Gasteiger charge is 2.50. The van der Waals surface area contributed by atoms with E-state index in [9.17, 15) is 9.90 Å². The van der Waals surface area contributed by atoms with E-state index in [2.05, 4.69) is 6.92 Å². The van der Waals surface area contributed by atoms with Gasteiger partial charge < -0.3 is 9.84 Å². The second-order valence-electron chi connectivity index (χ2n) is 6.86. The van der Waals surface area contributed by atoms with Crippen molar-refractivity contribution in [2.75, 3.05) is 6.61 Å². The van der Waals surface area contributed by atoms with Crippen LogP contribution in [-0.4, -0.2) is 23.3 Å². The normalized spacial score (nSPS) is 41.2. The Morgan fingerprint density at radius 1 is 1.28 bits per heavy atom. The van der Waals surface area contributed by atoms with Crippen molar-refractivity contribution in [3.8, 4) is 0 Å². The number of aliphatic hydroxyl groups excluding tert-OH is 1. The summed E-state index contributed by atoms with van der Waals surface area (Å²) in [6.07, 6.45) is 7.63. The molecule has 0 aliphatic heterocycles. The SMILES string of the molecule is CC1(OC(=O)C2CC3CC(CO)C2C3)CCCC1. The zero-order valence-electron chi connectivity index (χ0n) is 11.2. The van der Waals surface area contributed by atoms with Crippen LogP contribution in [0.25, 0.3) is 0 Å². The maximum atomic E-state index is 12.4. The summed E-state index contributed by atoms with van der Waals surface area (Å²) in [5.74, 6) is 1.47. The second kappa shape index (κ2) is 4.52. The van der Waals surface area contributed by atoms with Crippen molar-refractivity contribution in [3.05, 3.63) is 0 Å². The summed E-state index contributed by atoms with van der Waals surface area (Å²) in [7, 11) is 0. The summed E-state index contributed by atoms with van der Waals surface area (Å²) < 4.78 is 5.81. The molecule has 4 unspecified atom stereocenters. The molecule has 3 nitrogen and oxygen atoms in total. The largest absolute Gasteiger partial charge is 0.459 e. The Bertz CT molecular complexity index is 333. The highest BCUT2D eigenvalue weighted by Crippen LogP contribution is 2.52. The minimum absolute atomic E-state index is 0.0186. The van der Waals surface area contributed by atoms with Gasteiger partial charge in [0, 0.05) is 6.61 Å². The monoisotopic (exact) mass is 252 g/mol. The van der Waals surface area contributed by atoms with Crippen molar-refractivity contribution < 1.29 is 14.6 Å². The number of carbonyl (C=O) groups excluding carboxylic acids is 1. The number of carbonyl (C=O) groups is 1. The molecule has 0 heterocycles. The first-order valence-electron chi connectivity index (χ1n) is 7.45. The predicted octanol–water partition coefficient (Wildman–Crippen LogP) is 2.52. The Kier molecular flexibility index (Phi) is 3.13. The van der Waals surface area contributed by atoms with E-state index in [4.69, 9.17) is 4.74 Å². The average molecular weight is 252 g/mol. The minimum atomic E-state index is -0.201. The third-order valence-corrected chi connectivity index (χ3v) is 5.50. The van der Waals surface area contributed by atoms with Crippen LogP contribution in [0.5, 0.6) is 0 Å². The Morgan fingerprint density at radius 3 is 2.61 bits per heavy atom. The van der Waals surface area contributed by atoms with Gasteiger partial charge in [-0.2, -0.15) is 0 Å². The molecule has 18 heavy (non-hydrogen) atoms. The third kappa shape index (κ3) is 2.07. The summed E-state index contributed by atoms with van der Waals surface area (Å²) >= 11 is 0. The van der Waals surface area contributed by atoms with E-state index in [1.807, 2.05) is 0 Å². The number of rotatable bonds is 3. The summed E-state index contributed by atoms with van der Waals surface area (Å²) in [4.78, 5) is 12.4. The Balaban J connectivity index is 1.63. The average Bonchev–Trinajstić information content (AvgIpc) is 3.02. The maximum Gasteiger partial charge on any atom is 0.309 e. The lowest BCUT2D eigenvalue weighted by molar-refractivity contribution is -0.165. The van der Waals surface area contributed by atoms with E-state index in [1.54, 1.807) is 0 Å². The van der Waals surface area contributed by atoms with Crippen molar-refractivity contribution in [2.24, 2.45) is 23.7 Å². The molecular weight excluding hydrogens is 228 g/mol. The number of fused-ring (bicyclic) bond motifs is 2. The Hall–Kier alpha value is -0.570. The van der Waals surface area contributed by atoms with Crippen LogP contribution in [0.1, 0.15) is 51.9 Å². The molecule has 0 saturated heterocycles. The van der Waals surface area contributed by atoms with E-state index in [0.29, 0.717) is 17.8 Å². The molecule has 102 valence electrons. The highest BCUT2D eigenvalue weighted by atomic mass is 16.6. The lowest BCUT2D eigenvalue weighted by Gasteiger charge is -2.31. The van der Waals surface area contributed by atoms with Crippen molar-refractivity contribution in [3.63, 3.8) is 0 Å². The molecule has 3 heteroatoms. The first-order chi connectivity index (χ1) is 8.61. The smallest absolute Gasteiger partial charge is 0.309 e.